The monoisotopic (exact) mass is 432 g/mol. The second-order valence-electron chi connectivity index (χ2n) is 6.04. The highest BCUT2D eigenvalue weighted by Crippen LogP contribution is 2.31. The number of nitrogens with one attached hydrogen (secondary N) is 2. The minimum absolute atomic E-state index is 0.0353. The van der Waals surface area contributed by atoms with Crippen molar-refractivity contribution >= 4 is 45.3 Å². The fraction of sp³-hybridized carbons (Fsp3) is 0.143. The fourth-order valence-electron chi connectivity index (χ4n) is 2.63. The molecule has 0 saturated heterocycles. The molecule has 1 aromatic heterocycles. The first-order chi connectivity index (χ1) is 14.0. The van der Waals surface area contributed by atoms with Crippen LogP contribution in [0.3, 0.4) is 0 Å². The second kappa shape index (κ2) is 9.58. The molecule has 0 unspecified atom stereocenters. The van der Waals surface area contributed by atoms with Crippen LogP contribution in [0.15, 0.2) is 54.6 Å². The summed E-state index contributed by atoms with van der Waals surface area (Å²) in [6, 6.07) is 14.6. The van der Waals surface area contributed by atoms with Crippen LogP contribution >= 0.6 is 23.6 Å². The van der Waals surface area contributed by atoms with Crippen LogP contribution in [-0.2, 0) is 11.2 Å². The standard InChI is InChI=1S/C21H18F2N2O2S2/c1-2-27-20(26)16-12-15(10-13-6-4-3-5-7-13)29-19(16)25-21(28)24-18-11-14(22)8-9-17(18)23/h3-9,11-12H,2,10H2,1H3,(H2,24,25,28). The summed E-state index contributed by atoms with van der Waals surface area (Å²) in [5.74, 6) is -1.72. The quantitative estimate of drug-likeness (QED) is 0.392. The van der Waals surface area contributed by atoms with Crippen LogP contribution in [0.2, 0.25) is 0 Å². The maximum atomic E-state index is 13.8. The van der Waals surface area contributed by atoms with Crippen molar-refractivity contribution in [3.8, 4) is 0 Å². The van der Waals surface area contributed by atoms with E-state index in [9.17, 15) is 13.6 Å². The summed E-state index contributed by atoms with van der Waals surface area (Å²) in [5.41, 5.74) is 1.34. The third kappa shape index (κ3) is 5.58. The summed E-state index contributed by atoms with van der Waals surface area (Å²) in [5, 5.41) is 6.03. The molecule has 2 aromatic carbocycles. The molecular formula is C21H18F2N2O2S2. The van der Waals surface area contributed by atoms with Crippen LogP contribution in [0.5, 0.6) is 0 Å². The lowest BCUT2D eigenvalue weighted by molar-refractivity contribution is 0.0528. The van der Waals surface area contributed by atoms with Crippen LogP contribution in [0.1, 0.15) is 27.7 Å². The van der Waals surface area contributed by atoms with Gasteiger partial charge in [0.25, 0.3) is 0 Å². The van der Waals surface area contributed by atoms with Crippen LogP contribution < -0.4 is 10.6 Å². The van der Waals surface area contributed by atoms with E-state index in [1.807, 2.05) is 30.3 Å². The Balaban J connectivity index is 1.81. The van der Waals surface area contributed by atoms with Gasteiger partial charge in [-0.2, -0.15) is 0 Å². The molecule has 0 aliphatic rings. The smallest absolute Gasteiger partial charge is 0.341 e. The third-order valence-corrected chi connectivity index (χ3v) is 5.16. The Bertz CT molecular complexity index is 1020. The molecular weight excluding hydrogens is 414 g/mol. The molecule has 4 nitrogen and oxygen atoms in total. The van der Waals surface area contributed by atoms with Gasteiger partial charge in [0.2, 0.25) is 0 Å². The average Bonchev–Trinajstić information content (AvgIpc) is 3.08. The summed E-state index contributed by atoms with van der Waals surface area (Å²) in [6.07, 6.45) is 0.637. The van der Waals surface area contributed by atoms with Crippen molar-refractivity contribution in [3.63, 3.8) is 0 Å². The van der Waals surface area contributed by atoms with Crippen LogP contribution in [-0.4, -0.2) is 17.7 Å². The molecule has 3 aromatic rings. The fourth-order valence-corrected chi connectivity index (χ4v) is 3.99. The lowest BCUT2D eigenvalue weighted by Gasteiger charge is -2.11. The zero-order valence-corrected chi connectivity index (χ0v) is 17.1. The largest absolute Gasteiger partial charge is 0.462 e. The Labute approximate surface area is 176 Å². The highest BCUT2D eigenvalue weighted by molar-refractivity contribution is 7.80. The van der Waals surface area contributed by atoms with Crippen molar-refractivity contribution in [2.45, 2.75) is 13.3 Å². The van der Waals surface area contributed by atoms with E-state index in [-0.39, 0.29) is 17.4 Å². The van der Waals surface area contributed by atoms with Gasteiger partial charge in [0.15, 0.2) is 5.11 Å². The normalized spacial score (nSPS) is 10.4. The summed E-state index contributed by atoms with van der Waals surface area (Å²) in [7, 11) is 0. The van der Waals surface area contributed by atoms with Gasteiger partial charge in [-0.05, 0) is 42.9 Å². The molecule has 0 radical (unpaired) electrons. The first kappa shape index (κ1) is 20.9. The Morgan fingerprint density at radius 2 is 1.86 bits per heavy atom. The van der Waals surface area contributed by atoms with E-state index < -0.39 is 17.6 Å². The van der Waals surface area contributed by atoms with Crippen molar-refractivity contribution in [2.24, 2.45) is 0 Å². The Morgan fingerprint density at radius 3 is 2.59 bits per heavy atom. The minimum Gasteiger partial charge on any atom is -0.462 e. The Hall–Kier alpha value is -2.84. The van der Waals surface area contributed by atoms with Crippen molar-refractivity contribution in [3.05, 3.63) is 82.2 Å². The number of esters is 1. The molecule has 0 amide bonds. The zero-order chi connectivity index (χ0) is 20.8. The average molecular weight is 433 g/mol. The predicted molar refractivity (Wildman–Crippen MR) is 116 cm³/mol. The molecule has 29 heavy (non-hydrogen) atoms. The number of thiophene rings is 1. The van der Waals surface area contributed by atoms with Crippen LogP contribution in [0, 0.1) is 11.6 Å². The van der Waals surface area contributed by atoms with E-state index in [1.165, 1.54) is 11.3 Å². The number of hydrogen-bond acceptors (Lipinski definition) is 4. The van der Waals surface area contributed by atoms with Gasteiger partial charge in [0.05, 0.1) is 17.9 Å². The molecule has 2 N–H and O–H groups in total. The van der Waals surface area contributed by atoms with Gasteiger partial charge in [0.1, 0.15) is 16.6 Å². The number of carbonyl (C=O) groups excluding carboxylic acids is 1. The predicted octanol–water partition coefficient (Wildman–Crippen LogP) is 5.60. The van der Waals surface area contributed by atoms with Crippen molar-refractivity contribution < 1.29 is 18.3 Å². The lowest BCUT2D eigenvalue weighted by atomic mass is 10.1. The van der Waals surface area contributed by atoms with Gasteiger partial charge < -0.3 is 15.4 Å². The van der Waals surface area contributed by atoms with Crippen LogP contribution in [0.4, 0.5) is 19.5 Å². The van der Waals surface area contributed by atoms with E-state index in [2.05, 4.69) is 10.6 Å². The first-order valence-corrected chi connectivity index (χ1v) is 10.1. The second-order valence-corrected chi connectivity index (χ2v) is 7.59. The lowest BCUT2D eigenvalue weighted by Crippen LogP contribution is -2.20. The van der Waals surface area contributed by atoms with Crippen molar-refractivity contribution in [2.75, 3.05) is 17.2 Å². The van der Waals surface area contributed by atoms with Crippen molar-refractivity contribution in [1.82, 2.24) is 0 Å². The SMILES string of the molecule is CCOC(=O)c1cc(Cc2ccccc2)sc1NC(=S)Nc1cc(F)ccc1F. The van der Waals surface area contributed by atoms with E-state index in [1.54, 1.807) is 13.0 Å². The third-order valence-electron chi connectivity index (χ3n) is 3.90. The number of halogens is 2. The molecule has 0 aliphatic carbocycles. The van der Waals surface area contributed by atoms with Gasteiger partial charge in [-0.15, -0.1) is 11.3 Å². The van der Waals surface area contributed by atoms with Gasteiger partial charge >= 0.3 is 5.97 Å². The summed E-state index contributed by atoms with van der Waals surface area (Å²) in [6.45, 7) is 1.96. The molecule has 0 spiro atoms. The topological polar surface area (TPSA) is 50.4 Å². The summed E-state index contributed by atoms with van der Waals surface area (Å²) < 4.78 is 32.3. The molecule has 0 fully saturated rings. The minimum atomic E-state index is -0.642. The van der Waals surface area contributed by atoms with E-state index in [4.69, 9.17) is 17.0 Å². The number of anilines is 2. The summed E-state index contributed by atoms with van der Waals surface area (Å²) >= 11 is 6.56. The first-order valence-electron chi connectivity index (χ1n) is 8.83. The molecule has 3 rings (SSSR count). The number of rotatable bonds is 6. The zero-order valence-electron chi connectivity index (χ0n) is 15.5. The van der Waals surface area contributed by atoms with Gasteiger partial charge in [0, 0.05) is 17.4 Å². The van der Waals surface area contributed by atoms with E-state index >= 15 is 0 Å². The molecule has 0 bridgehead atoms. The highest BCUT2D eigenvalue weighted by atomic mass is 32.1. The molecule has 1 heterocycles. The molecule has 0 atom stereocenters. The maximum absolute atomic E-state index is 13.8. The van der Waals surface area contributed by atoms with E-state index in [0.29, 0.717) is 17.0 Å². The van der Waals surface area contributed by atoms with Gasteiger partial charge in [-0.25, -0.2) is 13.6 Å². The maximum Gasteiger partial charge on any atom is 0.341 e. The Morgan fingerprint density at radius 1 is 1.10 bits per heavy atom. The molecule has 0 saturated carbocycles. The number of ether oxygens (including phenoxy) is 1. The number of carbonyl (C=O) groups is 1. The molecule has 150 valence electrons. The highest BCUT2D eigenvalue weighted by Gasteiger charge is 2.19. The van der Waals surface area contributed by atoms with Crippen LogP contribution in [0.25, 0.3) is 0 Å². The van der Waals surface area contributed by atoms with Crippen molar-refractivity contribution in [1.29, 1.82) is 0 Å². The number of benzene rings is 2. The summed E-state index contributed by atoms with van der Waals surface area (Å²) in [4.78, 5) is 13.3. The number of thiocarbonyl (C=S) groups is 1. The van der Waals surface area contributed by atoms with E-state index in [0.717, 1.165) is 28.6 Å². The Kier molecular flexibility index (Phi) is 6.90. The van der Waals surface area contributed by atoms with Gasteiger partial charge in [-0.1, -0.05) is 30.3 Å². The molecule has 8 heteroatoms. The molecule has 0 aliphatic heterocycles. The number of hydrogen-bond donors (Lipinski definition) is 2. The van der Waals surface area contributed by atoms with Gasteiger partial charge in [-0.3, -0.25) is 0 Å².